The Hall–Kier alpha value is -2.59. The zero-order chi connectivity index (χ0) is 16.4. The molecule has 4 heteroatoms. The molecule has 0 aliphatic rings. The predicted octanol–water partition coefficient (Wildman–Crippen LogP) is 4.73. The zero-order valence-electron chi connectivity index (χ0n) is 12.7. The molecule has 0 aliphatic heterocycles. The molecule has 3 rings (SSSR count). The summed E-state index contributed by atoms with van der Waals surface area (Å²) < 4.78 is 31.7. The van der Waals surface area contributed by atoms with Gasteiger partial charge in [0.1, 0.15) is 10.7 Å². The first-order valence-corrected chi connectivity index (χ1v) is 8.64. The van der Waals surface area contributed by atoms with E-state index in [1.54, 1.807) is 18.2 Å². The van der Waals surface area contributed by atoms with Crippen molar-refractivity contribution in [2.75, 3.05) is 0 Å². The van der Waals surface area contributed by atoms with Gasteiger partial charge in [0.15, 0.2) is 5.76 Å². The van der Waals surface area contributed by atoms with E-state index in [1.165, 1.54) is 12.1 Å². The molecule has 116 valence electrons. The van der Waals surface area contributed by atoms with Crippen molar-refractivity contribution >= 4 is 15.9 Å². The number of hydrogen-bond donors (Lipinski definition) is 0. The normalized spacial score (nSPS) is 11.3. The minimum absolute atomic E-state index is 0.157. The Kier molecular flexibility index (Phi) is 3.92. The highest BCUT2D eigenvalue weighted by Gasteiger charge is 2.26. The molecule has 3 aromatic rings. The van der Waals surface area contributed by atoms with Gasteiger partial charge in [-0.05, 0) is 30.7 Å². The molecule has 23 heavy (non-hydrogen) atoms. The van der Waals surface area contributed by atoms with Crippen LogP contribution >= 0.6 is 0 Å². The summed E-state index contributed by atoms with van der Waals surface area (Å²) >= 11 is 0. The molecule has 1 heterocycles. The third-order valence-corrected chi connectivity index (χ3v) is 5.30. The highest BCUT2D eigenvalue weighted by molar-refractivity contribution is 7.91. The molecule has 0 bridgehead atoms. The third-order valence-electron chi connectivity index (χ3n) is 3.54. The molecule has 0 unspecified atom stereocenters. The van der Waals surface area contributed by atoms with Gasteiger partial charge < -0.3 is 4.42 Å². The van der Waals surface area contributed by atoms with Crippen molar-refractivity contribution in [3.05, 3.63) is 78.6 Å². The fourth-order valence-electron chi connectivity index (χ4n) is 2.39. The second-order valence-electron chi connectivity index (χ2n) is 5.23. The first-order chi connectivity index (χ1) is 11.0. The van der Waals surface area contributed by atoms with E-state index in [1.807, 2.05) is 43.3 Å². The van der Waals surface area contributed by atoms with Crippen molar-refractivity contribution in [2.45, 2.75) is 16.7 Å². The summed E-state index contributed by atoms with van der Waals surface area (Å²) in [6, 6.07) is 17.6. The number of rotatable bonds is 4. The van der Waals surface area contributed by atoms with Gasteiger partial charge in [-0.25, -0.2) is 8.42 Å². The number of benzene rings is 2. The van der Waals surface area contributed by atoms with E-state index in [-0.39, 0.29) is 9.79 Å². The lowest BCUT2D eigenvalue weighted by atomic mass is 10.2. The van der Waals surface area contributed by atoms with E-state index in [0.717, 1.165) is 5.56 Å². The molecule has 3 nitrogen and oxygen atoms in total. The average molecular weight is 324 g/mol. The monoisotopic (exact) mass is 324 g/mol. The number of hydrogen-bond acceptors (Lipinski definition) is 3. The maximum atomic E-state index is 13.0. The van der Waals surface area contributed by atoms with Gasteiger partial charge in [-0.15, -0.1) is 0 Å². The van der Waals surface area contributed by atoms with Gasteiger partial charge in [-0.3, -0.25) is 0 Å². The van der Waals surface area contributed by atoms with Gasteiger partial charge in [0.25, 0.3) is 0 Å². The molecule has 0 saturated carbocycles. The van der Waals surface area contributed by atoms with Gasteiger partial charge >= 0.3 is 0 Å². The summed E-state index contributed by atoms with van der Waals surface area (Å²) in [5, 5.41) is 0. The molecule has 0 N–H and O–H groups in total. The van der Waals surface area contributed by atoms with E-state index >= 15 is 0 Å². The first-order valence-electron chi connectivity index (χ1n) is 7.16. The molecule has 0 atom stereocenters. The number of aryl methyl sites for hydroxylation is 1. The largest absolute Gasteiger partial charge is 0.455 e. The Morgan fingerprint density at radius 3 is 2.39 bits per heavy atom. The van der Waals surface area contributed by atoms with Crippen molar-refractivity contribution in [2.24, 2.45) is 0 Å². The van der Waals surface area contributed by atoms with Crippen LogP contribution in [-0.4, -0.2) is 8.42 Å². The standard InChI is InChI=1S/C19H16O3S/c1-3-16-13-18(19(22-16)15-9-5-4-6-10-15)23(20,21)17-11-7-8-14(2)12-17/h3-13H,1H2,2H3. The Balaban J connectivity index is 2.23. The Labute approximate surface area is 135 Å². The van der Waals surface area contributed by atoms with Crippen LogP contribution in [0, 0.1) is 6.92 Å². The van der Waals surface area contributed by atoms with Crippen LogP contribution in [0.3, 0.4) is 0 Å². The Morgan fingerprint density at radius 1 is 1.00 bits per heavy atom. The van der Waals surface area contributed by atoms with Crippen LogP contribution in [-0.2, 0) is 9.84 Å². The summed E-state index contributed by atoms with van der Waals surface area (Å²) in [5.74, 6) is 0.761. The quantitative estimate of drug-likeness (QED) is 0.697. The summed E-state index contributed by atoms with van der Waals surface area (Å²) in [4.78, 5) is 0.412. The van der Waals surface area contributed by atoms with Crippen LogP contribution in [0.2, 0.25) is 0 Å². The fourth-order valence-corrected chi connectivity index (χ4v) is 3.92. The molecule has 0 spiro atoms. The summed E-state index contributed by atoms with van der Waals surface area (Å²) in [6.07, 6.45) is 1.50. The molecule has 2 aromatic carbocycles. The number of sulfone groups is 1. The molecule has 0 saturated heterocycles. The van der Waals surface area contributed by atoms with Crippen molar-refractivity contribution in [1.29, 1.82) is 0 Å². The van der Waals surface area contributed by atoms with Crippen molar-refractivity contribution < 1.29 is 12.8 Å². The van der Waals surface area contributed by atoms with Crippen LogP contribution < -0.4 is 0 Å². The van der Waals surface area contributed by atoms with Crippen LogP contribution in [0.4, 0.5) is 0 Å². The Bertz CT molecular complexity index is 951. The van der Waals surface area contributed by atoms with Gasteiger partial charge in [0.2, 0.25) is 9.84 Å². The minimum Gasteiger partial charge on any atom is -0.455 e. The molecular weight excluding hydrogens is 308 g/mol. The van der Waals surface area contributed by atoms with E-state index < -0.39 is 9.84 Å². The zero-order valence-corrected chi connectivity index (χ0v) is 13.5. The van der Waals surface area contributed by atoms with Gasteiger partial charge in [0.05, 0.1) is 4.90 Å². The maximum absolute atomic E-state index is 13.0. The van der Waals surface area contributed by atoms with Gasteiger partial charge in [0, 0.05) is 11.6 Å². The fraction of sp³-hybridized carbons (Fsp3) is 0.0526. The third kappa shape index (κ3) is 2.85. The molecule has 0 radical (unpaired) electrons. The average Bonchev–Trinajstić information content (AvgIpc) is 3.01. The van der Waals surface area contributed by atoms with Crippen molar-refractivity contribution in [3.8, 4) is 11.3 Å². The van der Waals surface area contributed by atoms with E-state index in [0.29, 0.717) is 17.1 Å². The van der Waals surface area contributed by atoms with E-state index in [9.17, 15) is 8.42 Å². The van der Waals surface area contributed by atoms with E-state index in [2.05, 4.69) is 6.58 Å². The molecule has 0 amide bonds. The lowest BCUT2D eigenvalue weighted by Gasteiger charge is -2.06. The smallest absolute Gasteiger partial charge is 0.210 e. The number of furan rings is 1. The van der Waals surface area contributed by atoms with Crippen LogP contribution in [0.15, 0.2) is 81.5 Å². The second kappa shape index (κ2) is 5.89. The molecule has 1 aromatic heterocycles. The molecule has 0 aliphatic carbocycles. The maximum Gasteiger partial charge on any atom is 0.210 e. The SMILES string of the molecule is C=Cc1cc(S(=O)(=O)c2cccc(C)c2)c(-c2ccccc2)o1. The highest BCUT2D eigenvalue weighted by atomic mass is 32.2. The summed E-state index contributed by atoms with van der Waals surface area (Å²) in [7, 11) is -3.67. The van der Waals surface area contributed by atoms with Crippen LogP contribution in [0.25, 0.3) is 17.4 Å². The highest BCUT2D eigenvalue weighted by Crippen LogP contribution is 2.34. The Morgan fingerprint density at radius 2 is 1.74 bits per heavy atom. The van der Waals surface area contributed by atoms with Crippen LogP contribution in [0.1, 0.15) is 11.3 Å². The van der Waals surface area contributed by atoms with E-state index in [4.69, 9.17) is 4.42 Å². The first kappa shape index (κ1) is 15.3. The van der Waals surface area contributed by atoms with Crippen molar-refractivity contribution in [1.82, 2.24) is 0 Å². The lowest BCUT2D eigenvalue weighted by molar-refractivity contribution is 0.563. The van der Waals surface area contributed by atoms with Gasteiger partial charge in [-0.2, -0.15) is 0 Å². The topological polar surface area (TPSA) is 47.3 Å². The molecule has 0 fully saturated rings. The van der Waals surface area contributed by atoms with Gasteiger partial charge in [-0.1, -0.05) is 49.0 Å². The summed E-state index contributed by atoms with van der Waals surface area (Å²) in [6.45, 7) is 5.52. The minimum atomic E-state index is -3.67. The second-order valence-corrected chi connectivity index (χ2v) is 7.15. The summed E-state index contributed by atoms with van der Waals surface area (Å²) in [5.41, 5.74) is 1.60. The lowest BCUT2D eigenvalue weighted by Crippen LogP contribution is -2.02. The molecular formula is C19H16O3S. The van der Waals surface area contributed by atoms with Crippen LogP contribution in [0.5, 0.6) is 0 Å². The van der Waals surface area contributed by atoms with Crippen molar-refractivity contribution in [3.63, 3.8) is 0 Å². The predicted molar refractivity (Wildman–Crippen MR) is 90.9 cm³/mol.